The maximum atomic E-state index is 11.8. The van der Waals surface area contributed by atoms with E-state index in [0.717, 1.165) is 11.3 Å². The molecule has 1 aromatic heterocycles. The number of hydrogen-bond acceptors (Lipinski definition) is 3. The highest BCUT2D eigenvalue weighted by molar-refractivity contribution is 7.20. The maximum Gasteiger partial charge on any atom is 0.574 e. The number of thiazole rings is 1. The molecule has 0 amide bonds. The molecular formula is C8H7Cl3F3NOS. The number of benzene rings is 1. The average molecular weight is 329 g/mol. The fourth-order valence-corrected chi connectivity index (χ4v) is 1.83. The minimum atomic E-state index is -4.67. The number of fused-ring (bicyclic) bond motifs is 1. The van der Waals surface area contributed by atoms with Gasteiger partial charge in [0.1, 0.15) is 0 Å². The van der Waals surface area contributed by atoms with E-state index in [-0.39, 0.29) is 42.4 Å². The molecule has 0 N–H and O–H groups in total. The fourth-order valence-electron chi connectivity index (χ4n) is 0.994. The molecule has 9 heteroatoms. The van der Waals surface area contributed by atoms with Gasteiger partial charge in [-0.15, -0.1) is 50.4 Å². The molecule has 17 heavy (non-hydrogen) atoms. The van der Waals surface area contributed by atoms with Crippen LogP contribution in [0.1, 0.15) is 0 Å². The monoisotopic (exact) mass is 327 g/mol. The number of alkyl halides is 3. The van der Waals surface area contributed by atoms with Gasteiger partial charge in [0.15, 0.2) is 0 Å². The number of ether oxygens (including phenoxy) is 1. The van der Waals surface area contributed by atoms with Crippen LogP contribution in [0.2, 0.25) is 0 Å². The molecule has 0 radical (unpaired) electrons. The smallest absolute Gasteiger partial charge is 0.378 e. The molecule has 2 rings (SSSR count). The number of nitrogens with zero attached hydrogens (tertiary/aromatic N) is 1. The molecule has 1 heterocycles. The van der Waals surface area contributed by atoms with E-state index >= 15 is 0 Å². The Balaban J connectivity index is 0. The molecule has 0 aliphatic heterocycles. The SMILES string of the molecule is Cl.Cl.Cl.FC(F)(F)Oc1nc2ccccc2s1. The predicted molar refractivity (Wildman–Crippen MR) is 68.0 cm³/mol. The molecule has 0 saturated heterocycles. The van der Waals surface area contributed by atoms with Crippen molar-refractivity contribution in [2.45, 2.75) is 6.36 Å². The summed E-state index contributed by atoms with van der Waals surface area (Å²) >= 11 is 0.871. The Morgan fingerprint density at radius 1 is 1.06 bits per heavy atom. The van der Waals surface area contributed by atoms with Crippen molar-refractivity contribution in [1.29, 1.82) is 0 Å². The van der Waals surface area contributed by atoms with E-state index in [9.17, 15) is 13.2 Å². The molecular weight excluding hydrogens is 322 g/mol. The summed E-state index contributed by atoms with van der Waals surface area (Å²) in [6.45, 7) is 0. The minimum absolute atomic E-state index is 0. The predicted octanol–water partition coefficient (Wildman–Crippen LogP) is 4.46. The third-order valence-corrected chi connectivity index (χ3v) is 2.39. The van der Waals surface area contributed by atoms with Gasteiger partial charge in [-0.3, -0.25) is 0 Å². The summed E-state index contributed by atoms with van der Waals surface area (Å²) in [6, 6.07) is 6.77. The first-order valence-electron chi connectivity index (χ1n) is 3.66. The van der Waals surface area contributed by atoms with Crippen LogP contribution in [0.25, 0.3) is 10.2 Å². The van der Waals surface area contributed by atoms with Gasteiger partial charge in [-0.2, -0.15) is 0 Å². The highest BCUT2D eigenvalue weighted by Gasteiger charge is 2.32. The Morgan fingerprint density at radius 2 is 1.65 bits per heavy atom. The maximum absolute atomic E-state index is 11.8. The van der Waals surface area contributed by atoms with Crippen LogP contribution in [0, 0.1) is 0 Å². The summed E-state index contributed by atoms with van der Waals surface area (Å²) in [5.41, 5.74) is 0.511. The second-order valence-electron chi connectivity index (χ2n) is 2.50. The van der Waals surface area contributed by atoms with Gasteiger partial charge in [-0.1, -0.05) is 23.5 Å². The molecule has 0 saturated carbocycles. The molecule has 0 atom stereocenters. The summed E-state index contributed by atoms with van der Waals surface area (Å²) in [4.78, 5) is 3.67. The van der Waals surface area contributed by atoms with Crippen LogP contribution in [0.5, 0.6) is 5.19 Å². The Morgan fingerprint density at radius 3 is 2.18 bits per heavy atom. The normalized spacial score (nSPS) is 9.82. The van der Waals surface area contributed by atoms with Crippen LogP contribution >= 0.6 is 48.6 Å². The first-order valence-corrected chi connectivity index (χ1v) is 4.47. The lowest BCUT2D eigenvalue weighted by Gasteiger charge is -2.03. The van der Waals surface area contributed by atoms with Gasteiger partial charge in [-0.25, -0.2) is 4.98 Å². The lowest BCUT2D eigenvalue weighted by Crippen LogP contribution is -2.16. The number of para-hydroxylation sites is 1. The van der Waals surface area contributed by atoms with E-state index in [2.05, 4.69) is 9.72 Å². The number of aromatic nitrogens is 1. The second-order valence-corrected chi connectivity index (χ2v) is 3.49. The molecule has 0 aliphatic rings. The zero-order chi connectivity index (χ0) is 10.2. The van der Waals surface area contributed by atoms with E-state index in [1.807, 2.05) is 0 Å². The van der Waals surface area contributed by atoms with E-state index in [4.69, 9.17) is 0 Å². The largest absolute Gasteiger partial charge is 0.574 e. The van der Waals surface area contributed by atoms with Gasteiger partial charge < -0.3 is 4.74 Å². The lowest BCUT2D eigenvalue weighted by molar-refractivity contribution is -0.274. The Labute approximate surface area is 117 Å². The van der Waals surface area contributed by atoms with Crippen molar-refractivity contribution in [3.63, 3.8) is 0 Å². The Kier molecular flexibility index (Phi) is 7.91. The number of hydrogen-bond donors (Lipinski definition) is 0. The van der Waals surface area contributed by atoms with Crippen LogP contribution in [-0.4, -0.2) is 11.3 Å². The minimum Gasteiger partial charge on any atom is -0.378 e. The Bertz CT molecular complexity index is 429. The van der Waals surface area contributed by atoms with Gasteiger partial charge >= 0.3 is 6.36 Å². The first-order chi connectivity index (χ1) is 6.54. The summed E-state index contributed by atoms with van der Waals surface area (Å²) in [5.74, 6) is 0. The third kappa shape index (κ3) is 5.16. The molecule has 0 fully saturated rings. The van der Waals surface area contributed by atoms with E-state index in [0.29, 0.717) is 10.2 Å². The van der Waals surface area contributed by atoms with Gasteiger partial charge in [0, 0.05) is 0 Å². The topological polar surface area (TPSA) is 22.1 Å². The van der Waals surface area contributed by atoms with Crippen molar-refractivity contribution >= 4 is 58.8 Å². The summed E-state index contributed by atoms with van der Waals surface area (Å²) in [5, 5.41) is -0.376. The molecule has 1 aromatic carbocycles. The first kappa shape index (κ1) is 18.9. The summed E-state index contributed by atoms with van der Waals surface area (Å²) in [7, 11) is 0. The standard InChI is InChI=1S/C8H4F3NOS.3ClH/c9-8(10,11)13-7-12-5-3-1-2-4-6(5)14-7;;;/h1-4H;3*1H. The fraction of sp³-hybridized carbons (Fsp3) is 0.125. The molecule has 2 nitrogen and oxygen atoms in total. The zero-order valence-corrected chi connectivity index (χ0v) is 11.2. The van der Waals surface area contributed by atoms with Crippen LogP contribution in [-0.2, 0) is 0 Å². The zero-order valence-electron chi connectivity index (χ0n) is 7.93. The van der Waals surface area contributed by atoms with Crippen molar-refractivity contribution in [3.05, 3.63) is 24.3 Å². The van der Waals surface area contributed by atoms with Crippen molar-refractivity contribution in [3.8, 4) is 5.19 Å². The van der Waals surface area contributed by atoms with Crippen molar-refractivity contribution in [1.82, 2.24) is 4.98 Å². The Hall–Kier alpha value is -0.430. The van der Waals surface area contributed by atoms with Crippen LogP contribution in [0.15, 0.2) is 24.3 Å². The quantitative estimate of drug-likeness (QED) is 0.771. The van der Waals surface area contributed by atoms with Crippen molar-refractivity contribution in [2.75, 3.05) is 0 Å². The average Bonchev–Trinajstić information content (AvgIpc) is 2.42. The van der Waals surface area contributed by atoms with Gasteiger partial charge in [0.25, 0.3) is 5.19 Å². The highest BCUT2D eigenvalue weighted by atomic mass is 35.5. The van der Waals surface area contributed by atoms with Crippen molar-refractivity contribution in [2.24, 2.45) is 0 Å². The lowest BCUT2D eigenvalue weighted by atomic mass is 10.3. The molecule has 0 unspecified atom stereocenters. The molecule has 98 valence electrons. The van der Waals surface area contributed by atoms with Gasteiger partial charge in [0.2, 0.25) is 0 Å². The van der Waals surface area contributed by atoms with Gasteiger partial charge in [0.05, 0.1) is 10.2 Å². The van der Waals surface area contributed by atoms with E-state index in [1.54, 1.807) is 24.3 Å². The summed E-state index contributed by atoms with van der Waals surface area (Å²) < 4.78 is 39.8. The molecule has 0 aliphatic carbocycles. The van der Waals surface area contributed by atoms with E-state index < -0.39 is 6.36 Å². The van der Waals surface area contributed by atoms with Crippen LogP contribution in [0.3, 0.4) is 0 Å². The molecule has 0 bridgehead atoms. The van der Waals surface area contributed by atoms with Gasteiger partial charge in [-0.05, 0) is 12.1 Å². The van der Waals surface area contributed by atoms with Crippen LogP contribution < -0.4 is 4.74 Å². The van der Waals surface area contributed by atoms with Crippen molar-refractivity contribution < 1.29 is 17.9 Å². The highest BCUT2D eigenvalue weighted by Crippen LogP contribution is 2.31. The second kappa shape index (κ2) is 7.10. The number of rotatable bonds is 1. The summed E-state index contributed by atoms with van der Waals surface area (Å²) in [6.07, 6.45) is -4.67. The number of halogens is 6. The van der Waals surface area contributed by atoms with E-state index in [1.165, 1.54) is 0 Å². The molecule has 2 aromatic rings. The molecule has 0 spiro atoms. The van der Waals surface area contributed by atoms with Crippen LogP contribution in [0.4, 0.5) is 13.2 Å². The third-order valence-electron chi connectivity index (χ3n) is 1.48.